The highest BCUT2D eigenvalue weighted by Crippen LogP contribution is 2.25. The number of rotatable bonds is 7. The number of carbonyl (C=O) groups excluding carboxylic acids is 1. The summed E-state index contributed by atoms with van der Waals surface area (Å²) in [6, 6.07) is -0.393. The van der Waals surface area contributed by atoms with E-state index in [1.165, 1.54) is 19.3 Å². The summed E-state index contributed by atoms with van der Waals surface area (Å²) in [6.45, 7) is 13.8. The maximum absolute atomic E-state index is 12.1. The third-order valence-corrected chi connectivity index (χ3v) is 5.21. The fraction of sp³-hybridized carbons (Fsp3) is 0.941. The molecule has 3 unspecified atom stereocenters. The standard InChI is InChI=1S/C17H35N3O/c1-6-13(3)15(18)16(21)19-12-17(4,5)20-10-8-9-14(7-2)11-20/h13-15H,6-12,18H2,1-5H3,(H,19,21). The predicted molar refractivity (Wildman–Crippen MR) is 89.1 cm³/mol. The van der Waals surface area contributed by atoms with Gasteiger partial charge < -0.3 is 11.1 Å². The van der Waals surface area contributed by atoms with Crippen molar-refractivity contribution in [1.82, 2.24) is 10.2 Å². The molecule has 3 atom stereocenters. The van der Waals surface area contributed by atoms with Crippen molar-refractivity contribution in [2.45, 2.75) is 71.9 Å². The van der Waals surface area contributed by atoms with Gasteiger partial charge in [0.25, 0.3) is 0 Å². The molecule has 4 heteroatoms. The SMILES string of the molecule is CCC1CCCN(C(C)(C)CNC(=O)C(N)C(C)CC)C1. The quantitative estimate of drug-likeness (QED) is 0.758. The van der Waals surface area contributed by atoms with Gasteiger partial charge in [-0.3, -0.25) is 9.69 Å². The van der Waals surface area contributed by atoms with Crippen LogP contribution in [-0.2, 0) is 4.79 Å². The van der Waals surface area contributed by atoms with Crippen LogP contribution in [0.2, 0.25) is 0 Å². The van der Waals surface area contributed by atoms with E-state index in [-0.39, 0.29) is 17.4 Å². The van der Waals surface area contributed by atoms with Crippen LogP contribution in [0.25, 0.3) is 0 Å². The summed E-state index contributed by atoms with van der Waals surface area (Å²) in [5.41, 5.74) is 6.00. The number of likely N-dealkylation sites (tertiary alicyclic amines) is 1. The average Bonchev–Trinajstić information content (AvgIpc) is 2.51. The molecule has 1 amide bonds. The number of hydrogen-bond donors (Lipinski definition) is 2. The molecule has 1 saturated heterocycles. The van der Waals surface area contributed by atoms with Gasteiger partial charge in [0, 0.05) is 18.6 Å². The van der Waals surface area contributed by atoms with Crippen molar-refractivity contribution < 1.29 is 4.79 Å². The van der Waals surface area contributed by atoms with E-state index in [0.717, 1.165) is 25.4 Å². The fourth-order valence-corrected chi connectivity index (χ4v) is 2.99. The van der Waals surface area contributed by atoms with Gasteiger partial charge in [0.1, 0.15) is 0 Å². The molecule has 0 bridgehead atoms. The highest BCUT2D eigenvalue weighted by Gasteiger charge is 2.31. The molecule has 0 saturated carbocycles. The number of piperidine rings is 1. The van der Waals surface area contributed by atoms with Gasteiger partial charge in [-0.25, -0.2) is 0 Å². The van der Waals surface area contributed by atoms with Gasteiger partial charge in [-0.15, -0.1) is 0 Å². The normalized spacial score (nSPS) is 23.6. The van der Waals surface area contributed by atoms with Crippen molar-refractivity contribution in [3.8, 4) is 0 Å². The highest BCUT2D eigenvalue weighted by molar-refractivity contribution is 5.81. The second kappa shape index (κ2) is 8.14. The molecule has 124 valence electrons. The molecule has 4 nitrogen and oxygen atoms in total. The van der Waals surface area contributed by atoms with E-state index in [1.54, 1.807) is 0 Å². The molecule has 0 spiro atoms. The molecule has 1 rings (SSSR count). The first-order valence-electron chi connectivity index (χ1n) is 8.60. The number of nitrogens with zero attached hydrogens (tertiary/aromatic N) is 1. The molecule has 1 fully saturated rings. The number of carbonyl (C=O) groups is 1. The molecule has 0 aliphatic carbocycles. The second-order valence-electron chi connectivity index (χ2n) is 7.30. The van der Waals surface area contributed by atoms with Crippen LogP contribution in [0.15, 0.2) is 0 Å². The number of nitrogens with one attached hydrogen (secondary N) is 1. The lowest BCUT2D eigenvalue weighted by atomic mass is 9.91. The topological polar surface area (TPSA) is 58.4 Å². The molecule has 0 radical (unpaired) electrons. The van der Waals surface area contributed by atoms with Crippen LogP contribution >= 0.6 is 0 Å². The first-order valence-corrected chi connectivity index (χ1v) is 8.60. The van der Waals surface area contributed by atoms with E-state index in [4.69, 9.17) is 5.73 Å². The summed E-state index contributed by atoms with van der Waals surface area (Å²) < 4.78 is 0. The van der Waals surface area contributed by atoms with Crippen LogP contribution in [-0.4, -0.2) is 42.0 Å². The van der Waals surface area contributed by atoms with E-state index in [0.29, 0.717) is 6.54 Å². The minimum Gasteiger partial charge on any atom is -0.353 e. The summed E-state index contributed by atoms with van der Waals surface area (Å²) in [4.78, 5) is 14.7. The van der Waals surface area contributed by atoms with E-state index in [2.05, 4.69) is 37.9 Å². The lowest BCUT2D eigenvalue weighted by Crippen LogP contribution is -2.56. The predicted octanol–water partition coefficient (Wildman–Crippen LogP) is 2.38. The Morgan fingerprint density at radius 3 is 2.67 bits per heavy atom. The van der Waals surface area contributed by atoms with Crippen molar-refractivity contribution in [2.24, 2.45) is 17.6 Å². The van der Waals surface area contributed by atoms with Crippen LogP contribution in [0.5, 0.6) is 0 Å². The Hall–Kier alpha value is -0.610. The van der Waals surface area contributed by atoms with Gasteiger partial charge in [-0.1, -0.05) is 33.6 Å². The van der Waals surface area contributed by atoms with E-state index in [1.807, 2.05) is 6.92 Å². The Balaban J connectivity index is 2.50. The van der Waals surface area contributed by atoms with Crippen LogP contribution in [0.1, 0.15) is 60.3 Å². The molecule has 21 heavy (non-hydrogen) atoms. The molecule has 1 aliphatic rings. The highest BCUT2D eigenvalue weighted by atomic mass is 16.2. The Labute approximate surface area is 130 Å². The van der Waals surface area contributed by atoms with Gasteiger partial charge in [0.2, 0.25) is 5.91 Å². The maximum Gasteiger partial charge on any atom is 0.237 e. The monoisotopic (exact) mass is 297 g/mol. The second-order valence-corrected chi connectivity index (χ2v) is 7.30. The van der Waals surface area contributed by atoms with Crippen LogP contribution in [0.3, 0.4) is 0 Å². The molecular formula is C17H35N3O. The van der Waals surface area contributed by atoms with Crippen molar-refractivity contribution >= 4 is 5.91 Å². The van der Waals surface area contributed by atoms with Crippen molar-refractivity contribution in [2.75, 3.05) is 19.6 Å². The van der Waals surface area contributed by atoms with Crippen molar-refractivity contribution in [1.29, 1.82) is 0 Å². The van der Waals surface area contributed by atoms with Crippen LogP contribution < -0.4 is 11.1 Å². The summed E-state index contributed by atoms with van der Waals surface area (Å²) >= 11 is 0. The summed E-state index contributed by atoms with van der Waals surface area (Å²) in [5, 5.41) is 3.06. The van der Waals surface area contributed by atoms with E-state index in [9.17, 15) is 4.79 Å². The Bertz CT molecular complexity index is 330. The third kappa shape index (κ3) is 5.26. The first-order chi connectivity index (χ1) is 9.81. The average molecular weight is 297 g/mol. The van der Waals surface area contributed by atoms with Gasteiger partial charge in [0.05, 0.1) is 6.04 Å². The summed E-state index contributed by atoms with van der Waals surface area (Å²) in [5.74, 6) is 1.02. The lowest BCUT2D eigenvalue weighted by molar-refractivity contribution is -0.124. The molecule has 1 aliphatic heterocycles. The van der Waals surface area contributed by atoms with Gasteiger partial charge in [-0.05, 0) is 45.1 Å². The smallest absolute Gasteiger partial charge is 0.237 e. The van der Waals surface area contributed by atoms with Gasteiger partial charge >= 0.3 is 0 Å². The first kappa shape index (κ1) is 18.4. The zero-order chi connectivity index (χ0) is 16.0. The number of nitrogens with two attached hydrogens (primary N) is 1. The van der Waals surface area contributed by atoms with Crippen LogP contribution in [0, 0.1) is 11.8 Å². The lowest BCUT2D eigenvalue weighted by Gasteiger charge is -2.43. The molecule has 0 aromatic heterocycles. The molecule has 3 N–H and O–H groups in total. The number of hydrogen-bond acceptors (Lipinski definition) is 3. The zero-order valence-electron chi connectivity index (χ0n) is 14.6. The Morgan fingerprint density at radius 1 is 1.43 bits per heavy atom. The molecule has 1 heterocycles. The minimum absolute atomic E-state index is 0.00132. The van der Waals surface area contributed by atoms with Gasteiger partial charge in [0.15, 0.2) is 0 Å². The largest absolute Gasteiger partial charge is 0.353 e. The summed E-state index contributed by atoms with van der Waals surface area (Å²) in [7, 11) is 0. The fourth-order valence-electron chi connectivity index (χ4n) is 2.99. The minimum atomic E-state index is -0.393. The molecule has 0 aromatic rings. The van der Waals surface area contributed by atoms with Gasteiger partial charge in [-0.2, -0.15) is 0 Å². The Morgan fingerprint density at radius 2 is 2.10 bits per heavy atom. The van der Waals surface area contributed by atoms with Crippen molar-refractivity contribution in [3.05, 3.63) is 0 Å². The maximum atomic E-state index is 12.1. The molecular weight excluding hydrogens is 262 g/mol. The third-order valence-electron chi connectivity index (χ3n) is 5.21. The van der Waals surface area contributed by atoms with E-state index < -0.39 is 6.04 Å². The molecule has 0 aromatic carbocycles. The Kier molecular flexibility index (Phi) is 7.14. The van der Waals surface area contributed by atoms with Crippen LogP contribution in [0.4, 0.5) is 0 Å². The zero-order valence-corrected chi connectivity index (χ0v) is 14.6. The van der Waals surface area contributed by atoms with E-state index >= 15 is 0 Å². The summed E-state index contributed by atoms with van der Waals surface area (Å²) in [6.07, 6.45) is 4.79. The number of amides is 1. The van der Waals surface area contributed by atoms with Crippen molar-refractivity contribution in [3.63, 3.8) is 0 Å².